The predicted octanol–water partition coefficient (Wildman–Crippen LogP) is 2.17. The Morgan fingerprint density at radius 1 is 1.12 bits per heavy atom. The molecule has 0 unspecified atom stereocenters. The Balaban J connectivity index is 1.78. The molecule has 2 heterocycles. The molecule has 3 rings (SSSR count). The Morgan fingerprint density at radius 2 is 1.88 bits per heavy atom. The van der Waals surface area contributed by atoms with Crippen LogP contribution in [0.5, 0.6) is 17.2 Å². The van der Waals surface area contributed by atoms with Crippen molar-refractivity contribution in [1.29, 1.82) is 0 Å². The average Bonchev–Trinajstić information content (AvgIpc) is 2.54. The fourth-order valence-electron chi connectivity index (χ4n) is 2.63. The highest BCUT2D eigenvalue weighted by Crippen LogP contribution is 2.38. The first kappa shape index (κ1) is 16.3. The smallest absolute Gasteiger partial charge is 0.451 e. The number of nitrogens with zero attached hydrogens (tertiary/aromatic N) is 3. The van der Waals surface area contributed by atoms with Crippen molar-refractivity contribution in [3.63, 3.8) is 0 Å². The number of fused-ring (bicyclic) bond motifs is 1. The molecule has 2 aromatic rings. The Morgan fingerprint density at radius 3 is 2.58 bits per heavy atom. The second-order valence-electron chi connectivity index (χ2n) is 5.56. The summed E-state index contributed by atoms with van der Waals surface area (Å²) in [5.74, 6) is -2.57. The SMILES string of the molecule is Oc1ccc(CN2CCc3nc(C(F)(F)F)ncc3C2)c(O)c1O. The number of hydrogen-bond acceptors (Lipinski definition) is 6. The van der Waals surface area contributed by atoms with Crippen molar-refractivity contribution in [2.45, 2.75) is 25.7 Å². The molecule has 128 valence electrons. The molecule has 6 nitrogen and oxygen atoms in total. The van der Waals surface area contributed by atoms with Gasteiger partial charge in [-0.05, 0) is 6.07 Å². The summed E-state index contributed by atoms with van der Waals surface area (Å²) in [7, 11) is 0. The highest BCUT2D eigenvalue weighted by molar-refractivity contribution is 5.53. The standard InChI is InChI=1S/C15H14F3N3O3/c16-15(17,18)14-19-5-9-7-21(4-3-10(9)20-14)6-8-1-2-11(22)13(24)12(8)23/h1-2,5,22-24H,3-4,6-7H2. The molecule has 0 saturated carbocycles. The molecular weight excluding hydrogens is 327 g/mol. The van der Waals surface area contributed by atoms with E-state index in [4.69, 9.17) is 0 Å². The molecule has 24 heavy (non-hydrogen) atoms. The molecule has 0 spiro atoms. The maximum Gasteiger partial charge on any atom is 0.451 e. The zero-order chi connectivity index (χ0) is 17.5. The molecule has 0 fully saturated rings. The quantitative estimate of drug-likeness (QED) is 0.726. The van der Waals surface area contributed by atoms with Crippen LogP contribution in [0.4, 0.5) is 13.2 Å². The van der Waals surface area contributed by atoms with Gasteiger partial charge in [0.05, 0.1) is 5.69 Å². The van der Waals surface area contributed by atoms with Crippen molar-refractivity contribution in [2.75, 3.05) is 6.54 Å². The number of phenolic OH excluding ortho intramolecular Hbond substituents is 3. The second-order valence-corrected chi connectivity index (χ2v) is 5.56. The van der Waals surface area contributed by atoms with Gasteiger partial charge in [-0.25, -0.2) is 9.97 Å². The van der Waals surface area contributed by atoms with Gasteiger partial charge in [-0.1, -0.05) is 6.07 Å². The molecule has 0 saturated heterocycles. The monoisotopic (exact) mass is 341 g/mol. The summed E-state index contributed by atoms with van der Waals surface area (Å²) in [6.45, 7) is 1.04. The third-order valence-electron chi connectivity index (χ3n) is 3.87. The van der Waals surface area contributed by atoms with Crippen LogP contribution in [-0.4, -0.2) is 36.7 Å². The van der Waals surface area contributed by atoms with Gasteiger partial charge in [0.25, 0.3) is 0 Å². The number of aromatic nitrogens is 2. The molecule has 3 N–H and O–H groups in total. The molecule has 0 bridgehead atoms. The zero-order valence-corrected chi connectivity index (χ0v) is 12.4. The summed E-state index contributed by atoms with van der Waals surface area (Å²) >= 11 is 0. The van der Waals surface area contributed by atoms with Crippen LogP contribution < -0.4 is 0 Å². The fourth-order valence-corrected chi connectivity index (χ4v) is 2.63. The first-order valence-corrected chi connectivity index (χ1v) is 7.13. The number of rotatable bonds is 2. The van der Waals surface area contributed by atoms with Crippen LogP contribution in [0.2, 0.25) is 0 Å². The number of benzene rings is 1. The van der Waals surface area contributed by atoms with Gasteiger partial charge >= 0.3 is 6.18 Å². The maximum atomic E-state index is 12.6. The summed E-state index contributed by atoms with van der Waals surface area (Å²) in [5, 5.41) is 28.7. The normalized spacial score (nSPS) is 15.3. The molecule has 0 amide bonds. The lowest BCUT2D eigenvalue weighted by molar-refractivity contribution is -0.145. The third kappa shape index (κ3) is 3.07. The van der Waals surface area contributed by atoms with Gasteiger partial charge in [-0.3, -0.25) is 4.90 Å². The second kappa shape index (κ2) is 5.82. The number of alkyl halides is 3. The van der Waals surface area contributed by atoms with E-state index in [-0.39, 0.29) is 6.54 Å². The largest absolute Gasteiger partial charge is 0.504 e. The van der Waals surface area contributed by atoms with Gasteiger partial charge in [-0.2, -0.15) is 13.2 Å². The van der Waals surface area contributed by atoms with Gasteiger partial charge in [-0.15, -0.1) is 0 Å². The van der Waals surface area contributed by atoms with Gasteiger partial charge < -0.3 is 15.3 Å². The number of halogens is 3. The molecular formula is C15H14F3N3O3. The van der Waals surface area contributed by atoms with E-state index in [1.807, 2.05) is 4.90 Å². The van der Waals surface area contributed by atoms with Crippen LogP contribution in [-0.2, 0) is 25.7 Å². The van der Waals surface area contributed by atoms with E-state index in [1.165, 1.54) is 18.3 Å². The lowest BCUT2D eigenvalue weighted by Crippen LogP contribution is -2.31. The summed E-state index contributed by atoms with van der Waals surface area (Å²) in [6.07, 6.45) is -3.07. The minimum atomic E-state index is -4.57. The fraction of sp³-hybridized carbons (Fsp3) is 0.333. The van der Waals surface area contributed by atoms with Gasteiger partial charge in [0, 0.05) is 43.4 Å². The van der Waals surface area contributed by atoms with E-state index in [9.17, 15) is 28.5 Å². The molecule has 0 atom stereocenters. The third-order valence-corrected chi connectivity index (χ3v) is 3.87. The van der Waals surface area contributed by atoms with Crippen molar-refractivity contribution >= 4 is 0 Å². The molecule has 0 radical (unpaired) electrons. The molecule has 9 heteroatoms. The summed E-state index contributed by atoms with van der Waals surface area (Å²) < 4.78 is 37.9. The Hall–Kier alpha value is -2.55. The van der Waals surface area contributed by atoms with Gasteiger partial charge in [0.15, 0.2) is 11.5 Å². The van der Waals surface area contributed by atoms with Crippen molar-refractivity contribution in [3.05, 3.63) is 41.0 Å². The highest BCUT2D eigenvalue weighted by atomic mass is 19.4. The molecule has 1 aromatic heterocycles. The van der Waals surface area contributed by atoms with E-state index >= 15 is 0 Å². The summed E-state index contributed by atoms with van der Waals surface area (Å²) in [4.78, 5) is 8.83. The molecule has 1 aromatic carbocycles. The van der Waals surface area contributed by atoms with E-state index < -0.39 is 29.2 Å². The van der Waals surface area contributed by atoms with Crippen LogP contribution in [0.3, 0.4) is 0 Å². The van der Waals surface area contributed by atoms with Crippen molar-refractivity contribution < 1.29 is 28.5 Å². The van der Waals surface area contributed by atoms with E-state index in [2.05, 4.69) is 9.97 Å². The van der Waals surface area contributed by atoms with Crippen LogP contribution >= 0.6 is 0 Å². The zero-order valence-electron chi connectivity index (χ0n) is 12.4. The first-order valence-electron chi connectivity index (χ1n) is 7.13. The van der Waals surface area contributed by atoms with Crippen LogP contribution in [0.15, 0.2) is 18.3 Å². The number of aromatic hydroxyl groups is 3. The average molecular weight is 341 g/mol. The number of phenols is 3. The molecule has 1 aliphatic rings. The van der Waals surface area contributed by atoms with E-state index in [0.29, 0.717) is 36.3 Å². The van der Waals surface area contributed by atoms with Crippen molar-refractivity contribution in [2.24, 2.45) is 0 Å². The summed E-state index contributed by atoms with van der Waals surface area (Å²) in [5.41, 5.74) is 1.37. The topological polar surface area (TPSA) is 89.7 Å². The molecule has 0 aliphatic carbocycles. The van der Waals surface area contributed by atoms with Crippen molar-refractivity contribution in [3.8, 4) is 17.2 Å². The first-order chi connectivity index (χ1) is 11.3. The predicted molar refractivity (Wildman–Crippen MR) is 76.3 cm³/mol. The van der Waals surface area contributed by atoms with Gasteiger partial charge in [0.2, 0.25) is 11.6 Å². The minimum absolute atomic E-state index is 0.264. The van der Waals surface area contributed by atoms with E-state index in [0.717, 1.165) is 0 Å². The Bertz CT molecular complexity index is 781. The Labute approximate surface area is 134 Å². The van der Waals surface area contributed by atoms with Crippen LogP contribution in [0.25, 0.3) is 0 Å². The highest BCUT2D eigenvalue weighted by Gasteiger charge is 2.35. The van der Waals surface area contributed by atoms with Gasteiger partial charge in [0.1, 0.15) is 0 Å². The van der Waals surface area contributed by atoms with E-state index in [1.54, 1.807) is 0 Å². The Kier molecular flexibility index (Phi) is 3.96. The minimum Gasteiger partial charge on any atom is -0.504 e. The van der Waals surface area contributed by atoms with Crippen LogP contribution in [0, 0.1) is 0 Å². The summed E-state index contributed by atoms with van der Waals surface area (Å²) in [6, 6.07) is 2.74. The molecule has 1 aliphatic heterocycles. The lowest BCUT2D eigenvalue weighted by Gasteiger charge is -2.28. The lowest BCUT2D eigenvalue weighted by atomic mass is 10.1. The van der Waals surface area contributed by atoms with Crippen molar-refractivity contribution in [1.82, 2.24) is 14.9 Å². The number of hydrogen-bond donors (Lipinski definition) is 3. The van der Waals surface area contributed by atoms with Crippen LogP contribution in [0.1, 0.15) is 22.6 Å². The maximum absolute atomic E-state index is 12.6.